The molecular formula is C18H17N5O2S2. The van der Waals surface area contributed by atoms with Gasteiger partial charge in [0, 0.05) is 10.3 Å². The molecule has 0 spiro atoms. The van der Waals surface area contributed by atoms with Gasteiger partial charge in [0.1, 0.15) is 11.3 Å². The molecule has 0 fully saturated rings. The molecule has 3 aromatic heterocycles. The number of hydrogen-bond acceptors (Lipinski definition) is 7. The fourth-order valence-electron chi connectivity index (χ4n) is 2.65. The van der Waals surface area contributed by atoms with Crippen molar-refractivity contribution in [3.63, 3.8) is 0 Å². The number of para-hydroxylation sites is 1. The van der Waals surface area contributed by atoms with E-state index in [4.69, 9.17) is 4.42 Å². The molecule has 1 aromatic carbocycles. The van der Waals surface area contributed by atoms with Crippen molar-refractivity contribution < 1.29 is 9.21 Å². The first-order valence-electron chi connectivity index (χ1n) is 8.38. The Balaban J connectivity index is 1.34. The monoisotopic (exact) mass is 399 g/mol. The normalized spacial score (nSPS) is 12.3. The summed E-state index contributed by atoms with van der Waals surface area (Å²) in [6.45, 7) is 2.51. The number of carbonyl (C=O) groups excluding carboxylic acids is 1. The van der Waals surface area contributed by atoms with Crippen molar-refractivity contribution in [1.82, 2.24) is 25.5 Å². The van der Waals surface area contributed by atoms with E-state index >= 15 is 0 Å². The topological polar surface area (TPSA) is 85.8 Å². The van der Waals surface area contributed by atoms with E-state index in [0.717, 1.165) is 21.6 Å². The van der Waals surface area contributed by atoms with Gasteiger partial charge in [-0.25, -0.2) is 4.68 Å². The summed E-state index contributed by atoms with van der Waals surface area (Å²) in [5.41, 5.74) is 0.815. The molecule has 1 atom stereocenters. The van der Waals surface area contributed by atoms with Crippen LogP contribution in [0.2, 0.25) is 0 Å². The Hall–Kier alpha value is -2.65. The molecule has 0 aliphatic carbocycles. The van der Waals surface area contributed by atoms with Crippen LogP contribution in [0.4, 0.5) is 0 Å². The number of hydrogen-bond donors (Lipinski definition) is 1. The number of furan rings is 1. The van der Waals surface area contributed by atoms with Gasteiger partial charge >= 0.3 is 0 Å². The van der Waals surface area contributed by atoms with Crippen molar-refractivity contribution >= 4 is 40.0 Å². The molecule has 1 amide bonds. The minimum Gasteiger partial charge on any atom is -0.459 e. The predicted molar refractivity (Wildman–Crippen MR) is 105 cm³/mol. The molecule has 9 heteroatoms. The van der Waals surface area contributed by atoms with E-state index in [0.29, 0.717) is 11.7 Å². The van der Waals surface area contributed by atoms with Crippen LogP contribution in [0.5, 0.6) is 0 Å². The SMILES string of the molecule is CC(NC(=O)CSc1nnnn1Cc1cccs1)c1cc2ccccc2o1. The summed E-state index contributed by atoms with van der Waals surface area (Å²) in [5, 5.41) is 18.3. The molecule has 0 bridgehead atoms. The lowest BCUT2D eigenvalue weighted by Gasteiger charge is -2.11. The minimum absolute atomic E-state index is 0.0985. The second-order valence-corrected chi connectivity index (χ2v) is 7.94. The Morgan fingerprint density at radius 3 is 3.04 bits per heavy atom. The van der Waals surface area contributed by atoms with Crippen molar-refractivity contribution in [2.75, 3.05) is 5.75 Å². The molecule has 7 nitrogen and oxygen atoms in total. The fourth-order valence-corrected chi connectivity index (χ4v) is 4.02. The number of thioether (sulfide) groups is 1. The molecule has 27 heavy (non-hydrogen) atoms. The summed E-state index contributed by atoms with van der Waals surface area (Å²) in [6, 6.07) is 13.5. The van der Waals surface area contributed by atoms with Gasteiger partial charge in [-0.15, -0.1) is 16.4 Å². The lowest BCUT2D eigenvalue weighted by atomic mass is 10.2. The highest BCUT2D eigenvalue weighted by Crippen LogP contribution is 2.24. The second kappa shape index (κ2) is 7.93. The predicted octanol–water partition coefficient (Wildman–Crippen LogP) is 3.50. The molecule has 1 N–H and O–H groups in total. The van der Waals surface area contributed by atoms with Crippen molar-refractivity contribution in [3.05, 3.63) is 58.5 Å². The molecule has 138 valence electrons. The summed E-state index contributed by atoms with van der Waals surface area (Å²) < 4.78 is 7.50. The van der Waals surface area contributed by atoms with Gasteiger partial charge in [-0.05, 0) is 40.9 Å². The zero-order valence-electron chi connectivity index (χ0n) is 14.5. The average Bonchev–Trinajstić information content (AvgIpc) is 3.41. The molecule has 3 heterocycles. The van der Waals surface area contributed by atoms with E-state index in [1.54, 1.807) is 16.0 Å². The third-order valence-electron chi connectivity index (χ3n) is 3.97. The summed E-state index contributed by atoms with van der Waals surface area (Å²) in [6.07, 6.45) is 0. The third-order valence-corrected chi connectivity index (χ3v) is 5.78. The highest BCUT2D eigenvalue weighted by molar-refractivity contribution is 7.99. The number of rotatable bonds is 7. The Kier molecular flexibility index (Phi) is 5.21. The molecule has 0 saturated carbocycles. The second-order valence-electron chi connectivity index (χ2n) is 5.96. The van der Waals surface area contributed by atoms with Crippen molar-refractivity contribution in [3.8, 4) is 0 Å². The van der Waals surface area contributed by atoms with Crippen LogP contribution in [0.3, 0.4) is 0 Å². The number of benzene rings is 1. The van der Waals surface area contributed by atoms with Crippen molar-refractivity contribution in [2.45, 2.75) is 24.7 Å². The van der Waals surface area contributed by atoms with E-state index in [1.165, 1.54) is 11.8 Å². The number of aromatic nitrogens is 4. The first-order valence-corrected chi connectivity index (χ1v) is 10.2. The van der Waals surface area contributed by atoms with Gasteiger partial charge in [-0.3, -0.25) is 4.79 Å². The van der Waals surface area contributed by atoms with Crippen LogP contribution in [0.15, 0.2) is 57.4 Å². The third kappa shape index (κ3) is 4.20. The molecule has 0 radical (unpaired) electrons. The standard InChI is InChI=1S/C18H17N5O2S2/c1-12(16-9-13-5-2-3-7-15(13)25-16)19-17(24)11-27-18-20-21-22-23(18)10-14-6-4-8-26-14/h2-9,12H,10-11H2,1H3,(H,19,24). The van der Waals surface area contributed by atoms with Crippen LogP contribution < -0.4 is 5.32 Å². The van der Waals surface area contributed by atoms with Gasteiger partial charge in [0.2, 0.25) is 11.1 Å². The van der Waals surface area contributed by atoms with Crippen LogP contribution in [0, 0.1) is 0 Å². The lowest BCUT2D eigenvalue weighted by molar-refractivity contribution is -0.119. The van der Waals surface area contributed by atoms with Gasteiger partial charge < -0.3 is 9.73 Å². The minimum atomic E-state index is -0.215. The van der Waals surface area contributed by atoms with Gasteiger partial charge in [-0.1, -0.05) is 36.0 Å². The van der Waals surface area contributed by atoms with Crippen molar-refractivity contribution in [1.29, 1.82) is 0 Å². The quantitative estimate of drug-likeness (QED) is 0.479. The van der Waals surface area contributed by atoms with E-state index in [-0.39, 0.29) is 17.7 Å². The van der Waals surface area contributed by atoms with Gasteiger partial charge in [0.25, 0.3) is 0 Å². The Bertz CT molecular complexity index is 1010. The van der Waals surface area contributed by atoms with E-state index < -0.39 is 0 Å². The lowest BCUT2D eigenvalue weighted by Crippen LogP contribution is -2.28. The van der Waals surface area contributed by atoms with E-state index in [1.807, 2.05) is 54.8 Å². The molecule has 4 rings (SSSR count). The first-order chi connectivity index (χ1) is 13.2. The van der Waals surface area contributed by atoms with Gasteiger partial charge in [-0.2, -0.15) is 0 Å². The number of nitrogens with zero attached hydrogens (tertiary/aromatic N) is 4. The number of carbonyl (C=O) groups is 1. The van der Waals surface area contributed by atoms with Gasteiger partial charge in [0.05, 0.1) is 18.3 Å². The fraction of sp³-hybridized carbons (Fsp3) is 0.222. The highest BCUT2D eigenvalue weighted by Gasteiger charge is 2.16. The first kappa shape index (κ1) is 17.7. The van der Waals surface area contributed by atoms with Gasteiger partial charge in [0.15, 0.2) is 0 Å². The molecule has 1 unspecified atom stereocenters. The number of tetrazole rings is 1. The summed E-state index contributed by atoms with van der Waals surface area (Å²) in [7, 11) is 0. The molecule has 0 aliphatic rings. The molecule has 4 aromatic rings. The molecule has 0 aliphatic heterocycles. The van der Waals surface area contributed by atoms with Crippen LogP contribution in [0.1, 0.15) is 23.6 Å². The molecular weight excluding hydrogens is 382 g/mol. The van der Waals surface area contributed by atoms with Crippen LogP contribution in [-0.4, -0.2) is 31.9 Å². The maximum Gasteiger partial charge on any atom is 0.231 e. The van der Waals surface area contributed by atoms with Crippen molar-refractivity contribution in [2.24, 2.45) is 0 Å². The van der Waals surface area contributed by atoms with Crippen LogP contribution in [0.25, 0.3) is 11.0 Å². The number of nitrogens with one attached hydrogen (secondary N) is 1. The Labute approximate surface area is 163 Å². The summed E-state index contributed by atoms with van der Waals surface area (Å²) in [5.74, 6) is 0.866. The smallest absolute Gasteiger partial charge is 0.231 e. The number of fused-ring (bicyclic) bond motifs is 1. The largest absolute Gasteiger partial charge is 0.459 e. The Morgan fingerprint density at radius 1 is 1.33 bits per heavy atom. The van der Waals surface area contributed by atoms with Crippen LogP contribution in [-0.2, 0) is 11.3 Å². The van der Waals surface area contributed by atoms with Crippen LogP contribution >= 0.6 is 23.1 Å². The zero-order chi connectivity index (χ0) is 18.6. The average molecular weight is 400 g/mol. The summed E-state index contributed by atoms with van der Waals surface area (Å²) >= 11 is 2.96. The number of amides is 1. The van der Waals surface area contributed by atoms with E-state index in [2.05, 4.69) is 20.8 Å². The Morgan fingerprint density at radius 2 is 2.22 bits per heavy atom. The molecule has 0 saturated heterocycles. The zero-order valence-corrected chi connectivity index (χ0v) is 16.2. The summed E-state index contributed by atoms with van der Waals surface area (Å²) in [4.78, 5) is 13.5. The number of thiophene rings is 1. The maximum absolute atomic E-state index is 12.3. The van der Waals surface area contributed by atoms with E-state index in [9.17, 15) is 4.79 Å². The maximum atomic E-state index is 12.3. The highest BCUT2D eigenvalue weighted by atomic mass is 32.2.